The number of nitro benzene ring substituents is 1. The van der Waals surface area contributed by atoms with Gasteiger partial charge in [0.25, 0.3) is 0 Å². The van der Waals surface area contributed by atoms with Gasteiger partial charge in [-0.1, -0.05) is 0 Å². The number of nitro groups is 1. The fraction of sp³-hybridized carbons (Fsp3) is 0.455. The van der Waals surface area contributed by atoms with Gasteiger partial charge in [-0.3, -0.25) is 10.1 Å². The Morgan fingerprint density at radius 3 is 3.00 bits per heavy atom. The predicted octanol–water partition coefficient (Wildman–Crippen LogP) is 2.26. The zero-order valence-electron chi connectivity index (χ0n) is 8.40. The Labute approximate surface area is 87.0 Å². The van der Waals surface area contributed by atoms with E-state index in [1.54, 1.807) is 6.07 Å². The van der Waals surface area contributed by atoms with E-state index in [1.165, 1.54) is 19.1 Å². The van der Waals surface area contributed by atoms with Gasteiger partial charge in [0.05, 0.1) is 12.0 Å². The lowest BCUT2D eigenvalue weighted by Gasteiger charge is -2.06. The molecule has 2 unspecified atom stereocenters. The van der Waals surface area contributed by atoms with Crippen molar-refractivity contribution in [1.82, 2.24) is 0 Å². The molecule has 4 nitrogen and oxygen atoms in total. The normalized spacial score (nSPS) is 25.7. The van der Waals surface area contributed by atoms with Gasteiger partial charge in [0.1, 0.15) is 0 Å². The summed E-state index contributed by atoms with van der Waals surface area (Å²) in [7, 11) is 1.48. The van der Waals surface area contributed by atoms with Crippen molar-refractivity contribution in [1.29, 1.82) is 0 Å². The number of benzene rings is 1. The van der Waals surface area contributed by atoms with E-state index in [2.05, 4.69) is 0 Å². The fourth-order valence-corrected chi connectivity index (χ4v) is 2.59. The van der Waals surface area contributed by atoms with Crippen molar-refractivity contribution in [3.63, 3.8) is 0 Å². The number of hydrogen-bond donors (Lipinski definition) is 0. The van der Waals surface area contributed by atoms with Crippen LogP contribution in [0, 0.1) is 16.0 Å². The van der Waals surface area contributed by atoms with Crippen molar-refractivity contribution >= 4 is 5.69 Å². The van der Waals surface area contributed by atoms with Crippen molar-refractivity contribution in [2.24, 2.45) is 5.92 Å². The molecule has 1 fully saturated rings. The van der Waals surface area contributed by atoms with Crippen LogP contribution in [0.5, 0.6) is 5.75 Å². The van der Waals surface area contributed by atoms with Gasteiger partial charge in [0.15, 0.2) is 5.75 Å². The van der Waals surface area contributed by atoms with E-state index in [0.717, 1.165) is 17.9 Å². The van der Waals surface area contributed by atoms with Crippen LogP contribution in [0.4, 0.5) is 5.69 Å². The number of fused-ring (bicyclic) bond motifs is 3. The lowest BCUT2D eigenvalue weighted by Crippen LogP contribution is -1.97. The van der Waals surface area contributed by atoms with Crippen LogP contribution in [0.2, 0.25) is 0 Å². The van der Waals surface area contributed by atoms with E-state index in [9.17, 15) is 10.1 Å². The van der Waals surface area contributed by atoms with Gasteiger partial charge >= 0.3 is 5.69 Å². The summed E-state index contributed by atoms with van der Waals surface area (Å²) >= 11 is 0. The molecule has 4 heteroatoms. The molecule has 0 radical (unpaired) electrons. The molecule has 3 rings (SSSR count). The van der Waals surface area contributed by atoms with Crippen molar-refractivity contribution in [2.45, 2.75) is 18.8 Å². The van der Waals surface area contributed by atoms with Crippen LogP contribution < -0.4 is 4.74 Å². The Bertz CT molecular complexity index is 455. The smallest absolute Gasteiger partial charge is 0.311 e. The van der Waals surface area contributed by atoms with Crippen LogP contribution in [0.15, 0.2) is 12.1 Å². The van der Waals surface area contributed by atoms with E-state index in [0.29, 0.717) is 11.7 Å². The first kappa shape index (κ1) is 8.71. The largest absolute Gasteiger partial charge is 0.490 e. The maximum Gasteiger partial charge on any atom is 0.311 e. The van der Waals surface area contributed by atoms with Gasteiger partial charge < -0.3 is 4.74 Å². The van der Waals surface area contributed by atoms with Gasteiger partial charge in [0.2, 0.25) is 0 Å². The van der Waals surface area contributed by atoms with Gasteiger partial charge in [0, 0.05) is 6.07 Å². The zero-order chi connectivity index (χ0) is 10.6. The van der Waals surface area contributed by atoms with E-state index >= 15 is 0 Å². The van der Waals surface area contributed by atoms with Crippen LogP contribution >= 0.6 is 0 Å². The molecular weight excluding hydrogens is 194 g/mol. The molecule has 1 aromatic rings. The Kier molecular flexibility index (Phi) is 1.58. The first-order valence-corrected chi connectivity index (χ1v) is 5.06. The first-order valence-electron chi connectivity index (χ1n) is 5.06. The molecule has 1 aromatic carbocycles. The Balaban J connectivity index is 2.14. The third-order valence-electron chi connectivity index (χ3n) is 3.44. The first-order chi connectivity index (χ1) is 7.20. The summed E-state index contributed by atoms with van der Waals surface area (Å²) < 4.78 is 5.06. The monoisotopic (exact) mass is 205 g/mol. The minimum atomic E-state index is -0.372. The highest BCUT2D eigenvalue weighted by molar-refractivity contribution is 5.56. The van der Waals surface area contributed by atoms with Gasteiger partial charge in [-0.15, -0.1) is 0 Å². The Hall–Kier alpha value is -1.58. The van der Waals surface area contributed by atoms with E-state index in [1.807, 2.05) is 6.07 Å². The predicted molar refractivity (Wildman–Crippen MR) is 54.2 cm³/mol. The zero-order valence-corrected chi connectivity index (χ0v) is 8.40. The fourth-order valence-electron chi connectivity index (χ4n) is 2.59. The van der Waals surface area contributed by atoms with Crippen LogP contribution in [0.3, 0.4) is 0 Å². The minimum Gasteiger partial charge on any atom is -0.490 e. The summed E-state index contributed by atoms with van der Waals surface area (Å²) in [6, 6.07) is 3.53. The SMILES string of the molecule is COc1cc2c(cc1[N+](=O)[O-])CC1CC21. The summed E-state index contributed by atoms with van der Waals surface area (Å²) in [5, 5.41) is 10.8. The summed E-state index contributed by atoms with van der Waals surface area (Å²) in [6.07, 6.45) is 2.25. The molecule has 78 valence electrons. The Morgan fingerprint density at radius 1 is 1.53 bits per heavy atom. The average molecular weight is 205 g/mol. The van der Waals surface area contributed by atoms with Crippen molar-refractivity contribution < 1.29 is 9.66 Å². The standard InChI is InChI=1S/C11H11NO3/c1-15-11-5-9-7(2-6-3-8(6)9)4-10(11)12(13)14/h4-6,8H,2-3H2,1H3. The van der Waals surface area contributed by atoms with Gasteiger partial charge in [-0.25, -0.2) is 0 Å². The van der Waals surface area contributed by atoms with E-state index < -0.39 is 0 Å². The molecular formula is C11H11NO3. The van der Waals surface area contributed by atoms with Gasteiger partial charge in [-0.2, -0.15) is 0 Å². The highest BCUT2D eigenvalue weighted by atomic mass is 16.6. The molecule has 2 aliphatic carbocycles. The molecule has 0 saturated heterocycles. The van der Waals surface area contributed by atoms with Crippen LogP contribution in [-0.4, -0.2) is 12.0 Å². The molecule has 0 heterocycles. The number of ether oxygens (including phenoxy) is 1. The molecule has 0 aromatic heterocycles. The topological polar surface area (TPSA) is 52.4 Å². The summed E-state index contributed by atoms with van der Waals surface area (Å²) in [5.74, 6) is 1.78. The third-order valence-corrected chi connectivity index (χ3v) is 3.44. The summed E-state index contributed by atoms with van der Waals surface area (Å²) in [5.41, 5.74) is 2.50. The minimum absolute atomic E-state index is 0.0950. The highest BCUT2D eigenvalue weighted by Gasteiger charge is 2.46. The molecule has 0 aliphatic heterocycles. The summed E-state index contributed by atoms with van der Waals surface area (Å²) in [4.78, 5) is 10.4. The molecule has 2 atom stereocenters. The number of rotatable bonds is 2. The maximum atomic E-state index is 10.8. The average Bonchev–Trinajstić information content (AvgIpc) is 2.90. The number of methoxy groups -OCH3 is 1. The van der Waals surface area contributed by atoms with Crippen LogP contribution in [-0.2, 0) is 6.42 Å². The lowest BCUT2D eigenvalue weighted by atomic mass is 10.0. The molecule has 1 saturated carbocycles. The molecule has 2 aliphatic rings. The second kappa shape index (κ2) is 2.72. The molecule has 0 amide bonds. The quantitative estimate of drug-likeness (QED) is 0.549. The van der Waals surface area contributed by atoms with Gasteiger partial charge in [-0.05, 0) is 41.9 Å². The number of nitrogens with zero attached hydrogens (tertiary/aromatic N) is 1. The second-order valence-corrected chi connectivity index (χ2v) is 4.29. The van der Waals surface area contributed by atoms with Crippen LogP contribution in [0.1, 0.15) is 23.5 Å². The molecule has 0 N–H and O–H groups in total. The highest BCUT2D eigenvalue weighted by Crippen LogP contribution is 2.57. The van der Waals surface area contributed by atoms with Crippen molar-refractivity contribution in [3.05, 3.63) is 33.4 Å². The molecule has 0 spiro atoms. The second-order valence-electron chi connectivity index (χ2n) is 4.29. The Morgan fingerprint density at radius 2 is 2.33 bits per heavy atom. The molecule has 0 bridgehead atoms. The van der Waals surface area contributed by atoms with Crippen LogP contribution in [0.25, 0.3) is 0 Å². The molecule has 15 heavy (non-hydrogen) atoms. The lowest BCUT2D eigenvalue weighted by molar-refractivity contribution is -0.385. The van der Waals surface area contributed by atoms with Crippen molar-refractivity contribution in [2.75, 3.05) is 7.11 Å². The summed E-state index contributed by atoms with van der Waals surface area (Å²) in [6.45, 7) is 0. The number of hydrogen-bond acceptors (Lipinski definition) is 3. The third kappa shape index (κ3) is 1.14. The van der Waals surface area contributed by atoms with E-state index in [4.69, 9.17) is 4.74 Å². The van der Waals surface area contributed by atoms with Crippen molar-refractivity contribution in [3.8, 4) is 5.75 Å². The maximum absolute atomic E-state index is 10.8. The van der Waals surface area contributed by atoms with E-state index in [-0.39, 0.29) is 10.6 Å².